The van der Waals surface area contributed by atoms with Crippen molar-refractivity contribution in [2.75, 3.05) is 5.32 Å². The van der Waals surface area contributed by atoms with Crippen molar-refractivity contribution in [3.63, 3.8) is 0 Å². The largest absolute Gasteiger partial charge is 0.318 e. The fourth-order valence-corrected chi connectivity index (χ4v) is 5.09. The van der Waals surface area contributed by atoms with E-state index in [1.54, 1.807) is 19.3 Å². The Morgan fingerprint density at radius 2 is 2.10 bits per heavy atom. The monoisotopic (exact) mass is 403 g/mol. The van der Waals surface area contributed by atoms with E-state index in [1.165, 1.54) is 0 Å². The van der Waals surface area contributed by atoms with Crippen LogP contribution in [0.2, 0.25) is 0 Å². The topological polar surface area (TPSA) is 92.7 Å². The maximum absolute atomic E-state index is 14.1. The Morgan fingerprint density at radius 1 is 1.34 bits per heavy atom. The number of aromatic amines is 1. The van der Waals surface area contributed by atoms with Crippen LogP contribution in [-0.2, 0) is 17.6 Å². The fraction of sp³-hybridized carbons (Fsp3) is 0.600. The molecule has 0 saturated heterocycles. The van der Waals surface area contributed by atoms with E-state index in [2.05, 4.69) is 20.6 Å². The summed E-state index contributed by atoms with van der Waals surface area (Å²) >= 11 is 0. The van der Waals surface area contributed by atoms with Gasteiger partial charge < -0.3 is 10.1 Å². The smallest absolute Gasteiger partial charge is 0.276 e. The van der Waals surface area contributed by atoms with E-state index in [-0.39, 0.29) is 30.5 Å². The number of halogens is 2. The van der Waals surface area contributed by atoms with Gasteiger partial charge in [0.2, 0.25) is 0 Å². The molecule has 2 fully saturated rings. The van der Waals surface area contributed by atoms with Gasteiger partial charge in [-0.3, -0.25) is 14.6 Å². The normalized spacial score (nSPS) is 32.2. The first-order valence-corrected chi connectivity index (χ1v) is 10.1. The molecular formula is C20H23F2N5O2. The van der Waals surface area contributed by atoms with Crippen molar-refractivity contribution in [2.45, 2.75) is 57.4 Å². The molecule has 0 bridgehead atoms. The third-order valence-electron chi connectivity index (χ3n) is 7.17. The van der Waals surface area contributed by atoms with Gasteiger partial charge in [-0.05, 0) is 32.1 Å². The van der Waals surface area contributed by atoms with Crippen molar-refractivity contribution in [1.82, 2.24) is 20.0 Å². The number of alkyl halides is 2. The van der Waals surface area contributed by atoms with Crippen LogP contribution in [0, 0.1) is 17.3 Å². The minimum Gasteiger partial charge on any atom is -0.318 e. The number of carbonyl (C=O) groups excluding carboxylic acids is 2. The Kier molecular flexibility index (Phi) is 3.95. The molecule has 7 nitrogen and oxygen atoms in total. The molecule has 3 aliphatic rings. The maximum atomic E-state index is 14.1. The van der Waals surface area contributed by atoms with Crippen LogP contribution in [0.15, 0.2) is 12.4 Å². The molecular weight excluding hydrogens is 380 g/mol. The lowest BCUT2D eigenvalue weighted by Gasteiger charge is -2.25. The summed E-state index contributed by atoms with van der Waals surface area (Å²) in [4.78, 5) is 23.6. The summed E-state index contributed by atoms with van der Waals surface area (Å²) in [7, 11) is 0. The standard InChI is InChI=1S/C20H23F2N5O2/c1-19-7-15-14(6-16(19)20(19,21)22)17(26-25-15)18(29)24-12-8-23-27(9-12)13-4-2-11(10-28)3-5-13/h8-11,13,16H,2-7H2,1H3,(H,24,29)(H,25,26)/t11-,13-,16-,19+/m0/s1. The average molecular weight is 403 g/mol. The van der Waals surface area contributed by atoms with E-state index in [1.807, 2.05) is 4.68 Å². The van der Waals surface area contributed by atoms with Gasteiger partial charge in [-0.1, -0.05) is 6.92 Å². The maximum Gasteiger partial charge on any atom is 0.276 e. The van der Waals surface area contributed by atoms with Crippen LogP contribution in [0.1, 0.15) is 60.4 Å². The Labute approximate surface area is 166 Å². The number of nitrogens with zero attached hydrogens (tertiary/aromatic N) is 3. The van der Waals surface area contributed by atoms with Gasteiger partial charge in [0.05, 0.1) is 17.9 Å². The Bertz CT molecular complexity index is 975. The van der Waals surface area contributed by atoms with Gasteiger partial charge in [0.15, 0.2) is 5.69 Å². The minimum atomic E-state index is -2.69. The van der Waals surface area contributed by atoms with Crippen molar-refractivity contribution in [2.24, 2.45) is 17.3 Å². The molecule has 2 N–H and O–H groups in total. The SMILES string of the molecule is C[C@@]12Cc3[nH]nc(C(=O)Nc4cnn([C@H]5CC[C@H](C=O)CC5)c4)c3C[C@@H]1C2(F)F. The van der Waals surface area contributed by atoms with Gasteiger partial charge in [0, 0.05) is 41.1 Å². The molecule has 0 unspecified atom stereocenters. The van der Waals surface area contributed by atoms with Crippen LogP contribution >= 0.6 is 0 Å². The number of amides is 1. The molecule has 5 rings (SSSR count). The van der Waals surface area contributed by atoms with Crippen LogP contribution in [0.4, 0.5) is 14.5 Å². The number of fused-ring (bicyclic) bond motifs is 2. The third-order valence-corrected chi connectivity index (χ3v) is 7.17. The number of aromatic nitrogens is 4. The fourth-order valence-electron chi connectivity index (χ4n) is 5.09. The first kappa shape index (κ1) is 18.4. The molecule has 2 aromatic rings. The van der Waals surface area contributed by atoms with Crippen LogP contribution in [0.3, 0.4) is 0 Å². The second kappa shape index (κ2) is 6.21. The van der Waals surface area contributed by atoms with Crippen LogP contribution in [0.5, 0.6) is 0 Å². The van der Waals surface area contributed by atoms with Gasteiger partial charge in [-0.15, -0.1) is 0 Å². The van der Waals surface area contributed by atoms with E-state index < -0.39 is 23.2 Å². The molecule has 1 amide bonds. The van der Waals surface area contributed by atoms with Crippen molar-refractivity contribution in [3.8, 4) is 0 Å². The number of nitrogens with one attached hydrogen (secondary N) is 2. The van der Waals surface area contributed by atoms with Gasteiger partial charge in [0.1, 0.15) is 6.29 Å². The summed E-state index contributed by atoms with van der Waals surface area (Å²) < 4.78 is 30.0. The molecule has 0 radical (unpaired) electrons. The number of hydrogen-bond acceptors (Lipinski definition) is 4. The van der Waals surface area contributed by atoms with Crippen LogP contribution in [0.25, 0.3) is 0 Å². The molecule has 2 heterocycles. The highest BCUT2D eigenvalue weighted by Crippen LogP contribution is 2.70. The second-order valence-corrected chi connectivity index (χ2v) is 8.87. The molecule has 2 saturated carbocycles. The van der Waals surface area contributed by atoms with Crippen LogP contribution in [-0.4, -0.2) is 38.1 Å². The summed E-state index contributed by atoms with van der Waals surface area (Å²) in [5.74, 6) is -3.70. The molecule has 2 atom stereocenters. The predicted molar refractivity (Wildman–Crippen MR) is 99.8 cm³/mol. The highest BCUT2D eigenvalue weighted by atomic mass is 19.3. The van der Waals surface area contributed by atoms with Gasteiger partial charge >= 0.3 is 0 Å². The van der Waals surface area contributed by atoms with Crippen molar-refractivity contribution in [3.05, 3.63) is 29.3 Å². The zero-order valence-corrected chi connectivity index (χ0v) is 16.1. The summed E-state index contributed by atoms with van der Waals surface area (Å²) in [6.07, 6.45) is 8.19. The Hall–Kier alpha value is -2.58. The molecule has 0 aliphatic heterocycles. The number of H-pyrrole nitrogens is 1. The Morgan fingerprint density at radius 3 is 2.83 bits per heavy atom. The lowest BCUT2D eigenvalue weighted by atomic mass is 9.87. The van der Waals surface area contributed by atoms with Crippen molar-refractivity contribution < 1.29 is 18.4 Å². The molecule has 154 valence electrons. The lowest BCUT2D eigenvalue weighted by molar-refractivity contribution is -0.112. The van der Waals surface area contributed by atoms with E-state index in [4.69, 9.17) is 0 Å². The van der Waals surface area contributed by atoms with Gasteiger partial charge in [-0.25, -0.2) is 8.78 Å². The first-order chi connectivity index (χ1) is 13.8. The number of carbonyl (C=O) groups is 2. The van der Waals surface area contributed by atoms with Crippen molar-refractivity contribution >= 4 is 17.9 Å². The van der Waals surface area contributed by atoms with Gasteiger partial charge in [0.25, 0.3) is 11.8 Å². The zero-order valence-electron chi connectivity index (χ0n) is 16.1. The molecule has 0 aromatic carbocycles. The van der Waals surface area contributed by atoms with Gasteiger partial charge in [-0.2, -0.15) is 10.2 Å². The Balaban J connectivity index is 1.27. The zero-order chi connectivity index (χ0) is 20.4. The minimum absolute atomic E-state index is 0.132. The number of aldehydes is 1. The molecule has 0 spiro atoms. The second-order valence-electron chi connectivity index (χ2n) is 8.87. The molecule has 29 heavy (non-hydrogen) atoms. The van der Waals surface area contributed by atoms with Crippen LogP contribution < -0.4 is 5.32 Å². The average Bonchev–Trinajstić information content (AvgIpc) is 3.15. The summed E-state index contributed by atoms with van der Waals surface area (Å²) in [5.41, 5.74) is 0.936. The highest BCUT2D eigenvalue weighted by Gasteiger charge is 2.78. The summed E-state index contributed by atoms with van der Waals surface area (Å²) in [5, 5.41) is 14.0. The molecule has 2 aromatic heterocycles. The number of hydrogen-bond donors (Lipinski definition) is 2. The van der Waals surface area contributed by atoms with E-state index in [0.717, 1.165) is 32.0 Å². The highest BCUT2D eigenvalue weighted by molar-refractivity contribution is 6.04. The predicted octanol–water partition coefficient (Wildman–Crippen LogP) is 3.16. The first-order valence-electron chi connectivity index (χ1n) is 10.1. The van der Waals surface area contributed by atoms with E-state index in [9.17, 15) is 18.4 Å². The molecule has 3 aliphatic carbocycles. The summed E-state index contributed by atoms with van der Waals surface area (Å²) in [6.45, 7) is 1.60. The van der Waals surface area contributed by atoms with E-state index in [0.29, 0.717) is 16.9 Å². The number of rotatable bonds is 4. The van der Waals surface area contributed by atoms with E-state index >= 15 is 0 Å². The van der Waals surface area contributed by atoms with Crippen molar-refractivity contribution in [1.29, 1.82) is 0 Å². The third kappa shape index (κ3) is 2.73. The summed E-state index contributed by atoms with van der Waals surface area (Å²) in [6, 6.07) is 0.213. The number of anilines is 1. The quantitative estimate of drug-likeness (QED) is 0.767. The molecule has 9 heteroatoms. The lowest BCUT2D eigenvalue weighted by Crippen LogP contribution is -2.19.